The molecule has 1 atom stereocenters. The number of nitrogens with zero attached hydrogens (tertiary/aromatic N) is 2. The molecule has 1 aromatic heterocycles. The van der Waals surface area contributed by atoms with Crippen molar-refractivity contribution in [1.29, 1.82) is 5.26 Å². The van der Waals surface area contributed by atoms with Crippen molar-refractivity contribution < 1.29 is 9.53 Å². The number of hydrogen-bond donors (Lipinski definition) is 0. The van der Waals surface area contributed by atoms with Gasteiger partial charge in [-0.05, 0) is 25.3 Å². The predicted octanol–water partition coefficient (Wildman–Crippen LogP) is 4.47. The first-order chi connectivity index (χ1) is 11.7. The van der Waals surface area contributed by atoms with Gasteiger partial charge < -0.3 is 4.74 Å². The lowest BCUT2D eigenvalue weighted by molar-refractivity contribution is -0.143. The number of hydrogen-bond acceptors (Lipinski definition) is 5. The van der Waals surface area contributed by atoms with E-state index in [1.165, 1.54) is 11.3 Å². The van der Waals surface area contributed by atoms with Gasteiger partial charge in [-0.2, -0.15) is 5.26 Å². The number of benzene rings is 1. The summed E-state index contributed by atoms with van der Waals surface area (Å²) in [4.78, 5) is 15.8. The lowest BCUT2D eigenvalue weighted by atomic mass is 9.78. The number of nitriles is 1. The highest BCUT2D eigenvalue weighted by molar-refractivity contribution is 7.09. The molecule has 0 aliphatic carbocycles. The minimum atomic E-state index is -0.709. The Labute approximate surface area is 147 Å². The van der Waals surface area contributed by atoms with Gasteiger partial charge in [0.05, 0.1) is 12.7 Å². The van der Waals surface area contributed by atoms with Gasteiger partial charge in [-0.1, -0.05) is 43.2 Å². The molecule has 0 fully saturated rings. The van der Waals surface area contributed by atoms with Crippen LogP contribution >= 0.6 is 11.3 Å². The quantitative estimate of drug-likeness (QED) is 0.498. The molecule has 0 aliphatic heterocycles. The van der Waals surface area contributed by atoms with Gasteiger partial charge >= 0.3 is 5.97 Å². The highest BCUT2D eigenvalue weighted by atomic mass is 32.1. The molecule has 5 heteroatoms. The summed E-state index contributed by atoms with van der Waals surface area (Å²) in [6, 6.07) is 12.3. The molecular weight excluding hydrogens is 320 g/mol. The van der Waals surface area contributed by atoms with Gasteiger partial charge in [0, 0.05) is 18.0 Å². The number of unbranched alkanes of at least 4 members (excludes halogenated alkanes) is 2. The first-order valence-corrected chi connectivity index (χ1v) is 9.13. The summed E-state index contributed by atoms with van der Waals surface area (Å²) in [7, 11) is 0. The Kier molecular flexibility index (Phi) is 6.95. The second-order valence-electron chi connectivity index (χ2n) is 5.59. The zero-order valence-electron chi connectivity index (χ0n) is 13.9. The number of carbonyl (C=O) groups excluding carboxylic acids is 1. The summed E-state index contributed by atoms with van der Waals surface area (Å²) in [5, 5.41) is 12.7. The summed E-state index contributed by atoms with van der Waals surface area (Å²) < 4.78 is 4.94. The lowest BCUT2D eigenvalue weighted by Gasteiger charge is -2.25. The van der Waals surface area contributed by atoms with Crippen molar-refractivity contribution in [2.75, 3.05) is 6.61 Å². The molecule has 4 nitrogen and oxygen atoms in total. The molecule has 126 valence electrons. The molecule has 0 bridgehead atoms. The van der Waals surface area contributed by atoms with Crippen molar-refractivity contribution in [3.63, 3.8) is 0 Å². The summed E-state index contributed by atoms with van der Waals surface area (Å²) in [5.41, 5.74) is 0.271. The summed E-state index contributed by atoms with van der Waals surface area (Å²) in [6.07, 6.45) is 5.42. The fourth-order valence-electron chi connectivity index (χ4n) is 2.77. The van der Waals surface area contributed by atoms with Crippen LogP contribution in [0, 0.1) is 11.3 Å². The number of esters is 1. The van der Waals surface area contributed by atoms with E-state index in [1.807, 2.05) is 42.6 Å². The summed E-state index contributed by atoms with van der Waals surface area (Å²) in [6.45, 7) is 2.24. The van der Waals surface area contributed by atoms with Crippen molar-refractivity contribution >= 4 is 17.3 Å². The Balaban J connectivity index is 2.03. The maximum absolute atomic E-state index is 11.4. The van der Waals surface area contributed by atoms with Gasteiger partial charge in [-0.25, -0.2) is 4.98 Å². The molecule has 0 saturated heterocycles. The normalized spacial score (nSPS) is 13.0. The SMILES string of the molecule is CCOC(=O)CCCCCC(C#N)(c1ccccc1)c1nccs1. The maximum Gasteiger partial charge on any atom is 0.305 e. The molecule has 0 amide bonds. The van der Waals surface area contributed by atoms with Gasteiger partial charge in [0.1, 0.15) is 10.4 Å². The smallest absolute Gasteiger partial charge is 0.305 e. The van der Waals surface area contributed by atoms with E-state index < -0.39 is 5.41 Å². The Hall–Kier alpha value is -2.19. The number of ether oxygens (including phenoxy) is 1. The molecule has 0 saturated carbocycles. The molecular formula is C19H22N2O2S. The molecule has 0 radical (unpaired) electrons. The van der Waals surface area contributed by atoms with Gasteiger partial charge in [0.25, 0.3) is 0 Å². The van der Waals surface area contributed by atoms with E-state index in [9.17, 15) is 10.1 Å². The van der Waals surface area contributed by atoms with Crippen LogP contribution in [0.4, 0.5) is 0 Å². The Bertz CT molecular complexity index is 664. The first-order valence-electron chi connectivity index (χ1n) is 8.25. The minimum Gasteiger partial charge on any atom is -0.466 e. The lowest BCUT2D eigenvalue weighted by Crippen LogP contribution is -2.25. The molecule has 24 heavy (non-hydrogen) atoms. The summed E-state index contributed by atoms with van der Waals surface area (Å²) >= 11 is 1.52. The van der Waals surface area contributed by atoms with Gasteiger partial charge in [0.2, 0.25) is 0 Å². The van der Waals surface area contributed by atoms with E-state index >= 15 is 0 Å². The molecule has 1 aromatic carbocycles. The average molecular weight is 342 g/mol. The van der Waals surface area contributed by atoms with Crippen LogP contribution in [-0.4, -0.2) is 17.6 Å². The Morgan fingerprint density at radius 3 is 2.71 bits per heavy atom. The van der Waals surface area contributed by atoms with E-state index in [0.29, 0.717) is 19.4 Å². The fraction of sp³-hybridized carbons (Fsp3) is 0.421. The molecule has 0 spiro atoms. The zero-order chi connectivity index (χ0) is 17.3. The summed E-state index contributed by atoms with van der Waals surface area (Å²) in [5.74, 6) is -0.146. The van der Waals surface area contributed by atoms with Crippen molar-refractivity contribution in [2.45, 2.75) is 44.4 Å². The molecule has 1 heterocycles. The second kappa shape index (κ2) is 9.19. The third-order valence-corrected chi connectivity index (χ3v) is 4.93. The standard InChI is InChI=1S/C19H22N2O2S/c1-2-23-17(22)11-7-4-8-12-19(15-20,18-21-13-14-24-18)16-9-5-3-6-10-16/h3,5-6,9-10,13-14H,2,4,7-8,11-12H2,1H3. The van der Waals surface area contributed by atoms with E-state index in [0.717, 1.165) is 29.8 Å². The van der Waals surface area contributed by atoms with Gasteiger partial charge in [-0.3, -0.25) is 4.79 Å². The second-order valence-corrected chi connectivity index (χ2v) is 6.48. The van der Waals surface area contributed by atoms with E-state index in [1.54, 1.807) is 6.20 Å². The van der Waals surface area contributed by atoms with Crippen LogP contribution in [0.25, 0.3) is 0 Å². The van der Waals surface area contributed by atoms with Crippen molar-refractivity contribution in [1.82, 2.24) is 4.98 Å². The van der Waals surface area contributed by atoms with Crippen LogP contribution in [0.2, 0.25) is 0 Å². The van der Waals surface area contributed by atoms with Crippen LogP contribution in [0.15, 0.2) is 41.9 Å². The van der Waals surface area contributed by atoms with Crippen molar-refractivity contribution in [2.24, 2.45) is 0 Å². The number of carbonyl (C=O) groups is 1. The molecule has 0 aliphatic rings. The Morgan fingerprint density at radius 2 is 2.08 bits per heavy atom. The van der Waals surface area contributed by atoms with Crippen LogP contribution in [-0.2, 0) is 14.9 Å². The number of rotatable bonds is 9. The van der Waals surface area contributed by atoms with Crippen molar-refractivity contribution in [3.05, 3.63) is 52.5 Å². The van der Waals surface area contributed by atoms with Crippen LogP contribution in [0.3, 0.4) is 0 Å². The predicted molar refractivity (Wildman–Crippen MR) is 94.7 cm³/mol. The zero-order valence-corrected chi connectivity index (χ0v) is 14.7. The minimum absolute atomic E-state index is 0.146. The highest BCUT2D eigenvalue weighted by Crippen LogP contribution is 2.37. The maximum atomic E-state index is 11.4. The molecule has 0 N–H and O–H groups in total. The first kappa shape index (κ1) is 18.2. The third kappa shape index (κ3) is 4.42. The van der Waals surface area contributed by atoms with E-state index in [-0.39, 0.29) is 5.97 Å². The largest absolute Gasteiger partial charge is 0.466 e. The Morgan fingerprint density at radius 1 is 1.29 bits per heavy atom. The number of aromatic nitrogens is 1. The van der Waals surface area contributed by atoms with Gasteiger partial charge in [-0.15, -0.1) is 11.3 Å². The fourth-order valence-corrected chi connectivity index (χ4v) is 3.61. The topological polar surface area (TPSA) is 63.0 Å². The van der Waals surface area contributed by atoms with E-state index in [4.69, 9.17) is 4.74 Å². The van der Waals surface area contributed by atoms with E-state index in [2.05, 4.69) is 11.1 Å². The molecule has 2 rings (SSSR count). The van der Waals surface area contributed by atoms with Crippen molar-refractivity contribution in [3.8, 4) is 6.07 Å². The number of thiazole rings is 1. The van der Waals surface area contributed by atoms with Crippen LogP contribution < -0.4 is 0 Å². The van der Waals surface area contributed by atoms with Gasteiger partial charge in [0.15, 0.2) is 0 Å². The third-order valence-electron chi connectivity index (χ3n) is 3.99. The highest BCUT2D eigenvalue weighted by Gasteiger charge is 2.36. The molecule has 2 aromatic rings. The average Bonchev–Trinajstić information content (AvgIpc) is 3.14. The monoisotopic (exact) mass is 342 g/mol. The van der Waals surface area contributed by atoms with Crippen LogP contribution in [0.5, 0.6) is 0 Å². The molecule has 1 unspecified atom stereocenters. The van der Waals surface area contributed by atoms with Crippen LogP contribution in [0.1, 0.15) is 49.6 Å².